The smallest absolute Gasteiger partial charge is 0.265 e. The van der Waals surface area contributed by atoms with Gasteiger partial charge in [0, 0.05) is 26.2 Å². The van der Waals surface area contributed by atoms with Crippen LogP contribution in [0.2, 0.25) is 0 Å². The van der Waals surface area contributed by atoms with Gasteiger partial charge < -0.3 is 15.8 Å². The first-order valence-corrected chi connectivity index (χ1v) is 7.68. The van der Waals surface area contributed by atoms with Crippen molar-refractivity contribution in [3.8, 4) is 0 Å². The number of carbonyl (C=O) groups excluding carboxylic acids is 1. The van der Waals surface area contributed by atoms with Gasteiger partial charge in [-0.15, -0.1) is 11.3 Å². The second-order valence-electron chi connectivity index (χ2n) is 5.59. The third-order valence-electron chi connectivity index (χ3n) is 4.03. The molecule has 0 unspecified atom stereocenters. The molecule has 2 rings (SSSR count). The largest absolute Gasteiger partial charge is 0.409 e. The number of carbonyl (C=O) groups is 1. The van der Waals surface area contributed by atoms with E-state index in [1.807, 2.05) is 25.7 Å². The fourth-order valence-electron chi connectivity index (χ4n) is 2.40. The number of rotatable bonds is 3. The van der Waals surface area contributed by atoms with Gasteiger partial charge in [-0.2, -0.15) is 0 Å². The van der Waals surface area contributed by atoms with E-state index in [-0.39, 0.29) is 11.7 Å². The van der Waals surface area contributed by atoms with Crippen molar-refractivity contribution < 1.29 is 10.0 Å². The fourth-order valence-corrected chi connectivity index (χ4v) is 3.17. The summed E-state index contributed by atoms with van der Waals surface area (Å²) in [6.45, 7) is 8.29. The molecule has 0 spiro atoms. The van der Waals surface area contributed by atoms with Gasteiger partial charge >= 0.3 is 0 Å². The van der Waals surface area contributed by atoms with Crippen LogP contribution < -0.4 is 5.73 Å². The molecule has 8 heteroatoms. The standard InChI is InChI=1S/C13H21N5O2S/c1-9-10(21-8-15-9)11(19)17-4-6-18(7-5-17)13(2,3)12(14)16-20/h8,20H,4-7H2,1-3H3,(H2,14,16). The van der Waals surface area contributed by atoms with Gasteiger partial charge in [0.2, 0.25) is 0 Å². The Labute approximate surface area is 128 Å². The molecular formula is C13H21N5O2S. The Bertz CT molecular complexity index is 547. The molecule has 21 heavy (non-hydrogen) atoms. The van der Waals surface area contributed by atoms with Crippen LogP contribution in [-0.4, -0.2) is 63.5 Å². The summed E-state index contributed by atoms with van der Waals surface area (Å²) in [5.74, 6) is 0.219. The number of amides is 1. The Hall–Kier alpha value is -1.67. The summed E-state index contributed by atoms with van der Waals surface area (Å²) in [5.41, 5.74) is 7.70. The van der Waals surface area contributed by atoms with Crippen molar-refractivity contribution in [2.45, 2.75) is 26.3 Å². The van der Waals surface area contributed by atoms with E-state index in [9.17, 15) is 4.79 Å². The molecule has 1 saturated heterocycles. The van der Waals surface area contributed by atoms with Crippen molar-refractivity contribution in [3.05, 3.63) is 16.1 Å². The normalized spacial score (nSPS) is 18.0. The predicted octanol–water partition coefficient (Wildman–Crippen LogP) is 0.734. The summed E-state index contributed by atoms with van der Waals surface area (Å²) in [4.78, 5) is 21.2. The van der Waals surface area contributed by atoms with Crippen molar-refractivity contribution in [1.82, 2.24) is 14.8 Å². The summed E-state index contributed by atoms with van der Waals surface area (Å²) in [6.07, 6.45) is 0. The second kappa shape index (κ2) is 5.98. The first kappa shape index (κ1) is 15.7. The maximum Gasteiger partial charge on any atom is 0.265 e. The minimum atomic E-state index is -0.524. The minimum absolute atomic E-state index is 0.0382. The number of hydrogen-bond acceptors (Lipinski definition) is 6. The third kappa shape index (κ3) is 3.01. The van der Waals surface area contributed by atoms with Gasteiger partial charge in [0.25, 0.3) is 5.91 Å². The first-order chi connectivity index (χ1) is 9.87. The highest BCUT2D eigenvalue weighted by Gasteiger charge is 2.35. The summed E-state index contributed by atoms with van der Waals surface area (Å²) in [6, 6.07) is 0. The van der Waals surface area contributed by atoms with E-state index in [1.165, 1.54) is 11.3 Å². The number of aromatic nitrogens is 1. The molecule has 0 aromatic carbocycles. The molecule has 3 N–H and O–H groups in total. The topological polar surface area (TPSA) is 95.1 Å². The van der Waals surface area contributed by atoms with Crippen LogP contribution in [0, 0.1) is 6.92 Å². The zero-order chi connectivity index (χ0) is 15.6. The molecule has 0 saturated carbocycles. The number of oxime groups is 1. The van der Waals surface area contributed by atoms with Crippen LogP contribution in [0.3, 0.4) is 0 Å². The maximum absolute atomic E-state index is 12.4. The molecule has 0 radical (unpaired) electrons. The average molecular weight is 311 g/mol. The SMILES string of the molecule is Cc1ncsc1C(=O)N1CCN(C(C)(C)C(N)=NO)CC1. The van der Waals surface area contributed by atoms with Crippen LogP contribution in [-0.2, 0) is 0 Å². The van der Waals surface area contributed by atoms with E-state index in [4.69, 9.17) is 10.9 Å². The molecule has 116 valence electrons. The molecule has 0 aliphatic carbocycles. The lowest BCUT2D eigenvalue weighted by molar-refractivity contribution is 0.0535. The number of piperazine rings is 1. The maximum atomic E-state index is 12.4. The molecule has 1 fully saturated rings. The van der Waals surface area contributed by atoms with Crippen molar-refractivity contribution in [2.24, 2.45) is 10.9 Å². The molecular weight excluding hydrogens is 290 g/mol. The van der Waals surface area contributed by atoms with E-state index in [0.717, 1.165) is 5.69 Å². The van der Waals surface area contributed by atoms with Crippen LogP contribution in [0.15, 0.2) is 10.7 Å². The zero-order valence-electron chi connectivity index (χ0n) is 12.5. The molecule has 2 heterocycles. The second-order valence-corrected chi connectivity index (χ2v) is 6.45. The highest BCUT2D eigenvalue weighted by molar-refractivity contribution is 7.11. The van der Waals surface area contributed by atoms with Crippen LogP contribution in [0.25, 0.3) is 0 Å². The van der Waals surface area contributed by atoms with Crippen molar-refractivity contribution in [1.29, 1.82) is 0 Å². The molecule has 1 aliphatic rings. The monoisotopic (exact) mass is 311 g/mol. The molecule has 1 aromatic heterocycles. The molecule has 0 bridgehead atoms. The Morgan fingerprint density at radius 1 is 1.43 bits per heavy atom. The van der Waals surface area contributed by atoms with E-state index in [1.54, 1.807) is 5.51 Å². The molecule has 1 aromatic rings. The molecule has 1 amide bonds. The summed E-state index contributed by atoms with van der Waals surface area (Å²) in [7, 11) is 0. The lowest BCUT2D eigenvalue weighted by Gasteiger charge is -2.43. The first-order valence-electron chi connectivity index (χ1n) is 6.80. The predicted molar refractivity (Wildman–Crippen MR) is 81.8 cm³/mol. The Morgan fingerprint density at radius 2 is 2.05 bits per heavy atom. The van der Waals surface area contributed by atoms with Gasteiger partial charge in [-0.3, -0.25) is 9.69 Å². The van der Waals surface area contributed by atoms with Gasteiger partial charge in [-0.05, 0) is 20.8 Å². The van der Waals surface area contributed by atoms with Gasteiger partial charge in [-0.1, -0.05) is 5.16 Å². The molecule has 1 aliphatic heterocycles. The highest BCUT2D eigenvalue weighted by Crippen LogP contribution is 2.20. The van der Waals surface area contributed by atoms with Crippen molar-refractivity contribution in [2.75, 3.05) is 26.2 Å². The van der Waals surface area contributed by atoms with Crippen molar-refractivity contribution >= 4 is 23.1 Å². The molecule has 0 atom stereocenters. The zero-order valence-corrected chi connectivity index (χ0v) is 13.4. The average Bonchev–Trinajstić information content (AvgIpc) is 2.91. The van der Waals surface area contributed by atoms with E-state index in [2.05, 4.69) is 15.0 Å². The van der Waals surface area contributed by atoms with Crippen LogP contribution in [0.4, 0.5) is 0 Å². The summed E-state index contributed by atoms with van der Waals surface area (Å²) in [5, 5.41) is 12.0. The number of nitrogens with zero attached hydrogens (tertiary/aromatic N) is 4. The Morgan fingerprint density at radius 3 is 2.52 bits per heavy atom. The van der Waals surface area contributed by atoms with Gasteiger partial charge in [0.05, 0.1) is 16.7 Å². The molecule has 7 nitrogen and oxygen atoms in total. The van der Waals surface area contributed by atoms with E-state index in [0.29, 0.717) is 31.1 Å². The third-order valence-corrected chi connectivity index (χ3v) is 4.95. The van der Waals surface area contributed by atoms with Crippen molar-refractivity contribution in [3.63, 3.8) is 0 Å². The number of nitrogens with two attached hydrogens (primary N) is 1. The van der Waals surface area contributed by atoms with Gasteiger partial charge in [0.15, 0.2) is 5.84 Å². The number of aryl methyl sites for hydroxylation is 1. The summed E-state index contributed by atoms with van der Waals surface area (Å²) >= 11 is 1.38. The number of amidine groups is 1. The number of thiazole rings is 1. The van der Waals surface area contributed by atoms with Gasteiger partial charge in [-0.25, -0.2) is 4.98 Å². The Kier molecular flexibility index (Phi) is 4.48. The summed E-state index contributed by atoms with van der Waals surface area (Å²) < 4.78 is 0. The Balaban J connectivity index is 2.01. The minimum Gasteiger partial charge on any atom is -0.409 e. The van der Waals surface area contributed by atoms with E-state index >= 15 is 0 Å². The lowest BCUT2D eigenvalue weighted by atomic mass is 10.00. The van der Waals surface area contributed by atoms with E-state index < -0.39 is 5.54 Å². The van der Waals surface area contributed by atoms with Crippen LogP contribution >= 0.6 is 11.3 Å². The van der Waals surface area contributed by atoms with Crippen LogP contribution in [0.1, 0.15) is 29.2 Å². The fraction of sp³-hybridized carbons (Fsp3) is 0.615. The quantitative estimate of drug-likeness (QED) is 0.371. The number of hydrogen-bond donors (Lipinski definition) is 2. The van der Waals surface area contributed by atoms with Gasteiger partial charge in [0.1, 0.15) is 4.88 Å². The van der Waals surface area contributed by atoms with Crippen LogP contribution in [0.5, 0.6) is 0 Å². The highest BCUT2D eigenvalue weighted by atomic mass is 32.1. The lowest BCUT2D eigenvalue weighted by Crippen LogP contribution is -2.60.